The van der Waals surface area contributed by atoms with Gasteiger partial charge in [0.2, 0.25) is 10.0 Å². The molecule has 138 valence electrons. The third kappa shape index (κ3) is 3.74. The number of hydrogen-bond acceptors (Lipinski definition) is 5. The van der Waals surface area contributed by atoms with Crippen molar-refractivity contribution >= 4 is 28.4 Å². The summed E-state index contributed by atoms with van der Waals surface area (Å²) in [6.45, 7) is 2.00. The molecule has 0 saturated carbocycles. The maximum absolute atomic E-state index is 14.6. The van der Waals surface area contributed by atoms with E-state index in [1.807, 2.05) is 0 Å². The van der Waals surface area contributed by atoms with E-state index in [-0.39, 0.29) is 30.9 Å². The Balaban J connectivity index is 0.00000288. The first-order valence-electron chi connectivity index (χ1n) is 7.55. The Kier molecular flexibility index (Phi) is 7.21. The zero-order valence-electron chi connectivity index (χ0n) is 13.9. The van der Waals surface area contributed by atoms with E-state index in [1.54, 1.807) is 14.0 Å². The topological polar surface area (TPSA) is 80.6 Å². The number of sulfonamides is 1. The molecule has 1 atom stereocenters. The number of esters is 1. The third-order valence-corrected chi connectivity index (χ3v) is 5.83. The summed E-state index contributed by atoms with van der Waals surface area (Å²) in [7, 11) is -0.950. The van der Waals surface area contributed by atoms with Crippen LogP contribution in [0.2, 0.25) is 0 Å². The maximum Gasteiger partial charge on any atom is 0.358 e. The molecule has 10 heteroatoms. The number of carbonyl (C=O) groups is 1. The van der Waals surface area contributed by atoms with Crippen LogP contribution in [-0.2, 0) is 21.8 Å². The molecule has 1 aromatic rings. The number of nitrogens with one attached hydrogen (secondary N) is 1. The lowest BCUT2D eigenvalue weighted by atomic mass is 10.1. The van der Waals surface area contributed by atoms with Gasteiger partial charge >= 0.3 is 5.97 Å². The lowest BCUT2D eigenvalue weighted by Crippen LogP contribution is -2.50. The Morgan fingerprint density at radius 3 is 2.71 bits per heavy atom. The minimum Gasteiger partial charge on any atom is -0.461 e. The molecule has 0 spiro atoms. The highest BCUT2D eigenvalue weighted by Crippen LogP contribution is 2.28. The molecule has 0 aromatic carbocycles. The molecular formula is C14H23ClFN3O4S. The van der Waals surface area contributed by atoms with E-state index in [0.717, 1.165) is 23.6 Å². The van der Waals surface area contributed by atoms with Crippen molar-refractivity contribution in [2.24, 2.45) is 7.05 Å². The largest absolute Gasteiger partial charge is 0.461 e. The van der Waals surface area contributed by atoms with E-state index >= 15 is 0 Å². The van der Waals surface area contributed by atoms with Crippen LogP contribution in [0.25, 0.3) is 0 Å². The Morgan fingerprint density at radius 1 is 1.46 bits per heavy atom. The zero-order chi connectivity index (χ0) is 17.2. The van der Waals surface area contributed by atoms with E-state index in [9.17, 15) is 17.6 Å². The van der Waals surface area contributed by atoms with Gasteiger partial charge in [0.25, 0.3) is 0 Å². The van der Waals surface area contributed by atoms with E-state index < -0.39 is 26.7 Å². The number of carbonyl (C=O) groups excluding carboxylic acids is 1. The predicted molar refractivity (Wildman–Crippen MR) is 89.2 cm³/mol. The number of ether oxygens (including phenoxy) is 1. The Morgan fingerprint density at radius 2 is 2.12 bits per heavy atom. The number of piperidine rings is 1. The van der Waals surface area contributed by atoms with E-state index in [1.165, 1.54) is 11.4 Å². The molecule has 1 aliphatic rings. The summed E-state index contributed by atoms with van der Waals surface area (Å²) in [6.07, 6.45) is 3.03. The molecule has 1 fully saturated rings. The molecule has 2 heterocycles. The quantitative estimate of drug-likeness (QED) is 0.779. The Bertz CT molecular complexity index is 692. The molecule has 1 saturated heterocycles. The molecule has 24 heavy (non-hydrogen) atoms. The van der Waals surface area contributed by atoms with Gasteiger partial charge in [0.05, 0.1) is 12.8 Å². The monoisotopic (exact) mass is 383 g/mol. The fraction of sp³-hybridized carbons (Fsp3) is 0.643. The SMILES string of the molecule is CCOC(=O)c1c(F)c(S(=O)(=O)N2CCCCC2NC)cn1C.Cl. The molecule has 0 radical (unpaired) electrons. The standard InChI is InChI=1S/C14H22FN3O4S.ClH/c1-4-22-14(19)13-12(15)10(9-17(13)3)23(20,21)18-8-6-5-7-11(18)16-2;/h9,11,16H,4-8H2,1-3H3;1H. The van der Waals surface area contributed by atoms with Crippen LogP contribution in [0.5, 0.6) is 0 Å². The van der Waals surface area contributed by atoms with Crippen molar-refractivity contribution in [2.75, 3.05) is 20.2 Å². The van der Waals surface area contributed by atoms with Gasteiger partial charge < -0.3 is 14.6 Å². The van der Waals surface area contributed by atoms with Gasteiger partial charge in [-0.15, -0.1) is 12.4 Å². The highest BCUT2D eigenvalue weighted by Gasteiger charge is 2.37. The highest BCUT2D eigenvalue weighted by atomic mass is 35.5. The normalized spacial score (nSPS) is 18.9. The molecule has 1 unspecified atom stereocenters. The molecule has 2 rings (SSSR count). The zero-order valence-corrected chi connectivity index (χ0v) is 15.5. The van der Waals surface area contributed by atoms with Crippen molar-refractivity contribution in [3.05, 3.63) is 17.7 Å². The van der Waals surface area contributed by atoms with Crippen molar-refractivity contribution in [3.63, 3.8) is 0 Å². The average Bonchev–Trinajstić information content (AvgIpc) is 2.83. The van der Waals surface area contributed by atoms with Gasteiger partial charge in [0.15, 0.2) is 11.5 Å². The molecule has 0 bridgehead atoms. The number of halogens is 2. The summed E-state index contributed by atoms with van der Waals surface area (Å²) in [5.41, 5.74) is -0.386. The summed E-state index contributed by atoms with van der Waals surface area (Å²) in [5, 5.41) is 2.94. The predicted octanol–water partition coefficient (Wildman–Crippen LogP) is 1.48. The summed E-state index contributed by atoms with van der Waals surface area (Å²) >= 11 is 0. The van der Waals surface area contributed by atoms with Crippen LogP contribution in [0, 0.1) is 5.82 Å². The van der Waals surface area contributed by atoms with Crippen LogP contribution >= 0.6 is 12.4 Å². The second-order valence-electron chi connectivity index (χ2n) is 5.40. The molecule has 7 nitrogen and oxygen atoms in total. The van der Waals surface area contributed by atoms with Crippen molar-refractivity contribution in [1.29, 1.82) is 0 Å². The third-order valence-electron chi connectivity index (χ3n) is 3.93. The van der Waals surface area contributed by atoms with Crippen molar-refractivity contribution in [2.45, 2.75) is 37.2 Å². The van der Waals surface area contributed by atoms with Crippen LogP contribution < -0.4 is 5.32 Å². The summed E-state index contributed by atoms with van der Waals surface area (Å²) in [5.74, 6) is -1.94. The Hall–Kier alpha value is -1.16. The number of hydrogen-bond donors (Lipinski definition) is 1. The molecule has 0 amide bonds. The van der Waals surface area contributed by atoms with Gasteiger partial charge in [-0.3, -0.25) is 0 Å². The maximum atomic E-state index is 14.6. The first-order chi connectivity index (χ1) is 10.8. The van der Waals surface area contributed by atoms with Crippen LogP contribution in [-0.4, -0.2) is 49.6 Å². The number of aromatic nitrogens is 1. The van der Waals surface area contributed by atoms with Gasteiger partial charge in [0.1, 0.15) is 4.90 Å². The van der Waals surface area contributed by atoms with Crippen molar-refractivity contribution < 1.29 is 22.3 Å². The molecular weight excluding hydrogens is 361 g/mol. The van der Waals surface area contributed by atoms with Crippen LogP contribution in [0.4, 0.5) is 4.39 Å². The molecule has 0 aliphatic carbocycles. The number of rotatable bonds is 5. The molecule has 1 aliphatic heterocycles. The molecule has 1 aromatic heterocycles. The van der Waals surface area contributed by atoms with Gasteiger partial charge in [-0.25, -0.2) is 17.6 Å². The molecule has 1 N–H and O–H groups in total. The van der Waals surface area contributed by atoms with Crippen molar-refractivity contribution in [3.8, 4) is 0 Å². The fourth-order valence-electron chi connectivity index (χ4n) is 2.79. The van der Waals surface area contributed by atoms with E-state index in [0.29, 0.717) is 13.0 Å². The minimum atomic E-state index is -4.04. The highest BCUT2D eigenvalue weighted by molar-refractivity contribution is 7.89. The summed E-state index contributed by atoms with van der Waals surface area (Å²) in [4.78, 5) is 11.3. The second-order valence-corrected chi connectivity index (χ2v) is 7.26. The fourth-order valence-corrected chi connectivity index (χ4v) is 4.57. The minimum absolute atomic E-state index is 0. The number of nitrogens with zero attached hydrogens (tertiary/aromatic N) is 2. The lowest BCUT2D eigenvalue weighted by molar-refractivity contribution is 0.0509. The number of aryl methyl sites for hydroxylation is 1. The average molecular weight is 384 g/mol. The van der Waals surface area contributed by atoms with Gasteiger partial charge in [0, 0.05) is 19.8 Å². The summed E-state index contributed by atoms with van der Waals surface area (Å²) in [6, 6.07) is 0. The van der Waals surface area contributed by atoms with Crippen LogP contribution in [0.1, 0.15) is 36.7 Å². The lowest BCUT2D eigenvalue weighted by Gasteiger charge is -2.34. The van der Waals surface area contributed by atoms with Gasteiger partial charge in [-0.2, -0.15) is 4.31 Å². The summed E-state index contributed by atoms with van der Waals surface area (Å²) < 4.78 is 47.4. The van der Waals surface area contributed by atoms with Gasteiger partial charge in [-0.1, -0.05) is 0 Å². The van der Waals surface area contributed by atoms with E-state index in [4.69, 9.17) is 4.74 Å². The van der Waals surface area contributed by atoms with E-state index in [2.05, 4.69) is 5.32 Å². The van der Waals surface area contributed by atoms with Crippen LogP contribution in [0.3, 0.4) is 0 Å². The van der Waals surface area contributed by atoms with Crippen LogP contribution in [0.15, 0.2) is 11.1 Å². The van der Waals surface area contributed by atoms with Crippen molar-refractivity contribution in [1.82, 2.24) is 14.2 Å². The second kappa shape index (κ2) is 8.28. The Labute approximate surface area is 147 Å². The first-order valence-corrected chi connectivity index (χ1v) is 8.99. The van der Waals surface area contributed by atoms with Gasteiger partial charge in [-0.05, 0) is 33.2 Å². The first kappa shape index (κ1) is 20.9. The smallest absolute Gasteiger partial charge is 0.358 e.